The second kappa shape index (κ2) is 12.0. The van der Waals surface area contributed by atoms with E-state index in [1.54, 1.807) is 36.4 Å². The van der Waals surface area contributed by atoms with Gasteiger partial charge in [-0.15, -0.1) is 0 Å². The van der Waals surface area contributed by atoms with E-state index in [4.69, 9.17) is 21.1 Å². The van der Waals surface area contributed by atoms with E-state index >= 15 is 0 Å². The quantitative estimate of drug-likeness (QED) is 0.310. The lowest BCUT2D eigenvalue weighted by Gasteiger charge is -2.11. The Balaban J connectivity index is 1.49. The van der Waals surface area contributed by atoms with Crippen LogP contribution in [0.3, 0.4) is 0 Å². The first kappa shape index (κ1) is 24.2. The van der Waals surface area contributed by atoms with Gasteiger partial charge in [-0.1, -0.05) is 29.8 Å². The highest BCUT2D eigenvalue weighted by Gasteiger charge is 2.19. The van der Waals surface area contributed by atoms with Gasteiger partial charge in [0, 0.05) is 29.4 Å². The highest BCUT2D eigenvalue weighted by molar-refractivity contribution is 6.35. The van der Waals surface area contributed by atoms with Crippen LogP contribution in [0, 0.1) is 6.92 Å². The van der Waals surface area contributed by atoms with E-state index in [9.17, 15) is 14.4 Å². The van der Waals surface area contributed by atoms with Gasteiger partial charge < -0.3 is 20.1 Å². The number of hydrogen-bond donors (Lipinski definition) is 3. The summed E-state index contributed by atoms with van der Waals surface area (Å²) in [4.78, 5) is 36.0. The molecule has 0 saturated carbocycles. The van der Waals surface area contributed by atoms with Crippen LogP contribution in [0.25, 0.3) is 0 Å². The Morgan fingerprint density at radius 1 is 1.21 bits per heavy atom. The van der Waals surface area contributed by atoms with Gasteiger partial charge in [-0.2, -0.15) is 5.10 Å². The van der Waals surface area contributed by atoms with Crippen LogP contribution in [-0.2, 0) is 19.1 Å². The van der Waals surface area contributed by atoms with Crippen LogP contribution in [-0.4, -0.2) is 49.8 Å². The summed E-state index contributed by atoms with van der Waals surface area (Å²) in [5.41, 5.74) is 4.17. The number of aryl methyl sites for hydroxylation is 1. The van der Waals surface area contributed by atoms with Gasteiger partial charge in [0.25, 0.3) is 5.91 Å². The lowest BCUT2D eigenvalue weighted by atomic mass is 10.2. The lowest BCUT2D eigenvalue weighted by molar-refractivity contribution is -0.139. The van der Waals surface area contributed by atoms with Crippen LogP contribution in [0.1, 0.15) is 24.0 Å². The molecule has 3 rings (SSSR count). The number of nitrogens with zero attached hydrogens (tertiary/aromatic N) is 1. The van der Waals surface area contributed by atoms with Crippen molar-refractivity contribution in [3.05, 3.63) is 58.6 Å². The van der Waals surface area contributed by atoms with E-state index in [2.05, 4.69) is 21.2 Å². The molecule has 3 amide bonds. The summed E-state index contributed by atoms with van der Waals surface area (Å²) in [7, 11) is 0. The van der Waals surface area contributed by atoms with Crippen LogP contribution < -0.4 is 20.8 Å². The Morgan fingerprint density at radius 2 is 2.03 bits per heavy atom. The monoisotopic (exact) mass is 472 g/mol. The van der Waals surface area contributed by atoms with Crippen LogP contribution in [0.15, 0.2) is 47.6 Å². The minimum atomic E-state index is -0.890. The standard InChI is InChI=1S/C23H25ClN4O5/c1-15-8-9-17(24)11-19(15)27-21(29)14-33-20-7-3-2-5-16(20)12-26-28-23(31)22(30)25-13-18-6-4-10-32-18/h2-3,5,7-9,11-12,18H,4,6,10,13-14H2,1H3,(H,25,30)(H,27,29)(H,28,31)/b26-12-/t18-/m1/s1. The van der Waals surface area contributed by atoms with Crippen molar-refractivity contribution < 1.29 is 23.9 Å². The van der Waals surface area contributed by atoms with Crippen molar-refractivity contribution in [2.45, 2.75) is 25.9 Å². The number of carbonyl (C=O) groups is 3. The third kappa shape index (κ3) is 7.58. The molecule has 174 valence electrons. The molecule has 9 nitrogen and oxygen atoms in total. The smallest absolute Gasteiger partial charge is 0.329 e. The number of amides is 3. The van der Waals surface area contributed by atoms with Crippen LogP contribution in [0.5, 0.6) is 5.75 Å². The first-order valence-corrected chi connectivity index (χ1v) is 10.8. The summed E-state index contributed by atoms with van der Waals surface area (Å²) in [5.74, 6) is -1.65. The van der Waals surface area contributed by atoms with Crippen molar-refractivity contribution in [1.82, 2.24) is 10.7 Å². The second-order valence-corrected chi connectivity index (χ2v) is 7.81. The maximum Gasteiger partial charge on any atom is 0.329 e. The lowest BCUT2D eigenvalue weighted by Crippen LogP contribution is -2.41. The number of rotatable bonds is 8. The van der Waals surface area contributed by atoms with E-state index in [-0.39, 0.29) is 25.2 Å². The third-order valence-electron chi connectivity index (χ3n) is 4.84. The van der Waals surface area contributed by atoms with Crippen LogP contribution in [0.4, 0.5) is 5.69 Å². The van der Waals surface area contributed by atoms with Gasteiger partial charge in [-0.05, 0) is 49.6 Å². The molecule has 0 spiro atoms. The Morgan fingerprint density at radius 3 is 2.82 bits per heavy atom. The SMILES string of the molecule is Cc1ccc(Cl)cc1NC(=O)COc1ccccc1/C=N\NC(=O)C(=O)NC[C@H]1CCCO1. The van der Waals surface area contributed by atoms with Crippen molar-refractivity contribution >= 4 is 41.2 Å². The fourth-order valence-electron chi connectivity index (χ4n) is 3.08. The molecule has 1 fully saturated rings. The van der Waals surface area contributed by atoms with E-state index in [0.29, 0.717) is 28.6 Å². The first-order valence-electron chi connectivity index (χ1n) is 10.4. The van der Waals surface area contributed by atoms with Gasteiger partial charge in [0.2, 0.25) is 0 Å². The van der Waals surface area contributed by atoms with Crippen molar-refractivity contribution in [2.75, 3.05) is 25.1 Å². The molecule has 3 N–H and O–H groups in total. The number of ether oxygens (including phenoxy) is 2. The molecular formula is C23H25ClN4O5. The van der Waals surface area contributed by atoms with Crippen LogP contribution in [0.2, 0.25) is 5.02 Å². The van der Waals surface area contributed by atoms with Gasteiger partial charge in [0.1, 0.15) is 5.75 Å². The molecule has 1 atom stereocenters. The minimum absolute atomic E-state index is 0.0609. The molecular weight excluding hydrogens is 448 g/mol. The summed E-state index contributed by atoms with van der Waals surface area (Å²) >= 11 is 5.97. The van der Waals surface area contributed by atoms with E-state index in [0.717, 1.165) is 18.4 Å². The van der Waals surface area contributed by atoms with Crippen LogP contribution >= 0.6 is 11.6 Å². The van der Waals surface area contributed by atoms with Crippen molar-refractivity contribution in [3.63, 3.8) is 0 Å². The summed E-state index contributed by atoms with van der Waals surface area (Å²) in [6.07, 6.45) is 3.07. The van der Waals surface area contributed by atoms with E-state index < -0.39 is 11.8 Å². The number of benzene rings is 2. The fourth-order valence-corrected chi connectivity index (χ4v) is 3.25. The molecule has 0 aliphatic carbocycles. The summed E-state index contributed by atoms with van der Waals surface area (Å²) in [5, 5.41) is 9.59. The Bertz CT molecular complexity index is 1040. The highest BCUT2D eigenvalue weighted by Crippen LogP contribution is 2.20. The van der Waals surface area contributed by atoms with Gasteiger partial charge in [-0.3, -0.25) is 14.4 Å². The molecule has 0 radical (unpaired) electrons. The molecule has 2 aromatic carbocycles. The zero-order valence-corrected chi connectivity index (χ0v) is 18.9. The van der Waals surface area contributed by atoms with Gasteiger partial charge in [0.05, 0.1) is 12.3 Å². The molecule has 2 aromatic rings. The molecule has 0 bridgehead atoms. The second-order valence-electron chi connectivity index (χ2n) is 7.38. The van der Waals surface area contributed by atoms with E-state index in [1.807, 2.05) is 13.0 Å². The largest absolute Gasteiger partial charge is 0.483 e. The molecule has 10 heteroatoms. The average molecular weight is 473 g/mol. The molecule has 33 heavy (non-hydrogen) atoms. The molecule has 0 aromatic heterocycles. The van der Waals surface area contributed by atoms with Gasteiger partial charge in [0.15, 0.2) is 6.61 Å². The topological polar surface area (TPSA) is 118 Å². The fraction of sp³-hybridized carbons (Fsp3) is 0.304. The number of para-hydroxylation sites is 1. The zero-order valence-electron chi connectivity index (χ0n) is 18.1. The van der Waals surface area contributed by atoms with Crippen molar-refractivity contribution in [3.8, 4) is 5.75 Å². The Hall–Kier alpha value is -3.43. The highest BCUT2D eigenvalue weighted by atomic mass is 35.5. The number of nitrogens with one attached hydrogen (secondary N) is 3. The maximum absolute atomic E-state index is 12.3. The van der Waals surface area contributed by atoms with Crippen molar-refractivity contribution in [1.29, 1.82) is 0 Å². The predicted molar refractivity (Wildman–Crippen MR) is 124 cm³/mol. The number of anilines is 1. The first-order chi connectivity index (χ1) is 15.9. The molecule has 1 saturated heterocycles. The zero-order chi connectivity index (χ0) is 23.6. The molecule has 0 unspecified atom stereocenters. The number of hydrogen-bond acceptors (Lipinski definition) is 6. The van der Waals surface area contributed by atoms with Gasteiger partial charge >= 0.3 is 11.8 Å². The third-order valence-corrected chi connectivity index (χ3v) is 5.08. The summed E-state index contributed by atoms with van der Waals surface area (Å²) in [6.45, 7) is 2.56. The summed E-state index contributed by atoms with van der Waals surface area (Å²) in [6, 6.07) is 12.1. The minimum Gasteiger partial charge on any atom is -0.483 e. The average Bonchev–Trinajstić information content (AvgIpc) is 3.33. The number of hydrazone groups is 1. The molecule has 1 aliphatic rings. The molecule has 1 heterocycles. The maximum atomic E-state index is 12.3. The number of carbonyl (C=O) groups excluding carboxylic acids is 3. The van der Waals surface area contributed by atoms with E-state index in [1.165, 1.54) is 6.21 Å². The summed E-state index contributed by atoms with van der Waals surface area (Å²) < 4.78 is 11.0. The normalized spacial score (nSPS) is 15.3. The van der Waals surface area contributed by atoms with Gasteiger partial charge in [-0.25, -0.2) is 5.43 Å². The Labute approximate surface area is 196 Å². The predicted octanol–water partition coefficient (Wildman–Crippen LogP) is 2.41. The van der Waals surface area contributed by atoms with Crippen molar-refractivity contribution in [2.24, 2.45) is 5.10 Å². The number of halogens is 1. The molecule has 1 aliphatic heterocycles. The Kier molecular flexibility index (Phi) is 8.79.